The van der Waals surface area contributed by atoms with E-state index >= 15 is 0 Å². The van der Waals surface area contributed by atoms with Gasteiger partial charge in [-0.15, -0.1) is 0 Å². The van der Waals surface area contributed by atoms with Crippen LogP contribution in [0.2, 0.25) is 0 Å². The number of rotatable bonds is 6. The molecule has 2 heterocycles. The fraction of sp³-hybridized carbons (Fsp3) is 0.421. The molecule has 2 aromatic rings. The van der Waals surface area contributed by atoms with E-state index in [1.807, 2.05) is 24.4 Å². The van der Waals surface area contributed by atoms with Crippen molar-refractivity contribution in [2.45, 2.75) is 13.1 Å². The van der Waals surface area contributed by atoms with Crippen LogP contribution < -0.4 is 24.3 Å². The number of ether oxygens (including phenoxy) is 2. The number of aromatic amines is 1. The summed E-state index contributed by atoms with van der Waals surface area (Å²) < 4.78 is 11.0. The van der Waals surface area contributed by atoms with Crippen molar-refractivity contribution in [1.29, 1.82) is 0 Å². The SMILES string of the molecule is COc1cccc(C[NH+]2CC[NH+](Cc3cccc[nH+]3)CC2)c1OC. The second-order valence-electron chi connectivity index (χ2n) is 6.39. The Morgan fingerprint density at radius 3 is 2.25 bits per heavy atom. The molecule has 1 aliphatic heterocycles. The van der Waals surface area contributed by atoms with Gasteiger partial charge in [0, 0.05) is 12.1 Å². The van der Waals surface area contributed by atoms with Crippen LogP contribution >= 0.6 is 0 Å². The van der Waals surface area contributed by atoms with Crippen molar-refractivity contribution >= 4 is 0 Å². The number of pyridine rings is 1. The average Bonchev–Trinajstić information content (AvgIpc) is 2.64. The number of quaternary nitrogens is 2. The maximum atomic E-state index is 5.56. The van der Waals surface area contributed by atoms with Crippen LogP contribution in [0.15, 0.2) is 42.6 Å². The van der Waals surface area contributed by atoms with Crippen LogP contribution in [0.5, 0.6) is 11.5 Å². The van der Waals surface area contributed by atoms with Crippen LogP contribution in [0, 0.1) is 0 Å². The molecule has 24 heavy (non-hydrogen) atoms. The van der Waals surface area contributed by atoms with Crippen molar-refractivity contribution in [2.24, 2.45) is 0 Å². The second-order valence-corrected chi connectivity index (χ2v) is 6.39. The predicted molar refractivity (Wildman–Crippen MR) is 91.3 cm³/mol. The van der Waals surface area contributed by atoms with Gasteiger partial charge in [0.15, 0.2) is 24.2 Å². The fourth-order valence-corrected chi connectivity index (χ4v) is 3.48. The molecule has 0 aliphatic carbocycles. The minimum atomic E-state index is 0.818. The van der Waals surface area contributed by atoms with Gasteiger partial charge in [0.05, 0.1) is 19.8 Å². The monoisotopic (exact) mass is 330 g/mol. The Hall–Kier alpha value is -2.11. The Labute approximate surface area is 143 Å². The summed E-state index contributed by atoms with van der Waals surface area (Å²) in [6, 6.07) is 12.4. The maximum absolute atomic E-state index is 5.56. The molecule has 0 radical (unpaired) electrons. The van der Waals surface area contributed by atoms with Gasteiger partial charge in [0.2, 0.25) is 5.69 Å². The molecule has 5 nitrogen and oxygen atoms in total. The second kappa shape index (κ2) is 8.13. The van der Waals surface area contributed by atoms with Crippen LogP contribution in [0.4, 0.5) is 0 Å². The van der Waals surface area contributed by atoms with Gasteiger partial charge in [-0.1, -0.05) is 6.07 Å². The first-order chi connectivity index (χ1) is 11.8. The number of H-pyrrole nitrogens is 1. The standard InChI is InChI=1S/C19H25N3O2/c1-23-18-8-5-6-16(19(18)24-2)14-21-10-12-22(13-11-21)15-17-7-3-4-9-20-17/h3-9H,10-15H2,1-2H3/p+3. The smallest absolute Gasteiger partial charge is 0.234 e. The van der Waals surface area contributed by atoms with Crippen LogP contribution in [0.25, 0.3) is 0 Å². The molecule has 0 amide bonds. The molecule has 1 aromatic heterocycles. The van der Waals surface area contributed by atoms with E-state index in [-0.39, 0.29) is 0 Å². The van der Waals surface area contributed by atoms with E-state index in [0.717, 1.165) is 24.6 Å². The summed E-state index contributed by atoms with van der Waals surface area (Å²) in [6.45, 7) is 6.83. The third-order valence-electron chi connectivity index (χ3n) is 4.80. The van der Waals surface area contributed by atoms with Crippen LogP contribution in [-0.4, -0.2) is 40.4 Å². The lowest BCUT2D eigenvalue weighted by atomic mass is 10.1. The third-order valence-corrected chi connectivity index (χ3v) is 4.80. The van der Waals surface area contributed by atoms with Crippen LogP contribution in [-0.2, 0) is 13.1 Å². The van der Waals surface area contributed by atoms with E-state index in [1.165, 1.54) is 37.4 Å². The van der Waals surface area contributed by atoms with Gasteiger partial charge in [-0.2, -0.15) is 0 Å². The topological polar surface area (TPSA) is 41.5 Å². The van der Waals surface area contributed by atoms with Crippen molar-refractivity contribution in [3.63, 3.8) is 0 Å². The number of para-hydroxylation sites is 1. The van der Waals surface area contributed by atoms with E-state index in [1.54, 1.807) is 24.0 Å². The highest BCUT2D eigenvalue weighted by Crippen LogP contribution is 2.29. The van der Waals surface area contributed by atoms with Crippen LogP contribution in [0.1, 0.15) is 11.3 Å². The maximum Gasteiger partial charge on any atom is 0.234 e. The molecule has 3 rings (SSSR count). The summed E-state index contributed by atoms with van der Waals surface area (Å²) >= 11 is 0. The highest BCUT2D eigenvalue weighted by Gasteiger charge is 2.25. The minimum Gasteiger partial charge on any atom is -0.493 e. The normalized spacial score (nSPS) is 20.6. The lowest BCUT2D eigenvalue weighted by Gasteiger charge is -2.29. The quantitative estimate of drug-likeness (QED) is 0.714. The molecule has 1 fully saturated rings. The van der Waals surface area contributed by atoms with Crippen molar-refractivity contribution in [3.8, 4) is 11.5 Å². The lowest BCUT2D eigenvalue weighted by Crippen LogP contribution is -3.27. The number of aromatic nitrogens is 1. The fourth-order valence-electron chi connectivity index (χ4n) is 3.48. The van der Waals surface area contributed by atoms with E-state index in [0.29, 0.717) is 0 Å². The summed E-state index contributed by atoms with van der Waals surface area (Å²) in [4.78, 5) is 6.60. The Balaban J connectivity index is 1.56. The molecule has 1 aromatic carbocycles. The summed E-state index contributed by atoms with van der Waals surface area (Å²) in [7, 11) is 3.41. The molecule has 0 spiro atoms. The van der Waals surface area contributed by atoms with Gasteiger partial charge in [-0.05, 0) is 18.2 Å². The molecule has 0 unspecified atom stereocenters. The van der Waals surface area contributed by atoms with Crippen molar-refractivity contribution < 1.29 is 24.3 Å². The summed E-state index contributed by atoms with van der Waals surface area (Å²) in [5.74, 6) is 1.69. The molecule has 0 atom stereocenters. The van der Waals surface area contributed by atoms with Gasteiger partial charge < -0.3 is 19.3 Å². The number of hydrogen-bond acceptors (Lipinski definition) is 2. The summed E-state index contributed by atoms with van der Waals surface area (Å²) in [5.41, 5.74) is 2.54. The van der Waals surface area contributed by atoms with Gasteiger partial charge in [0.25, 0.3) is 0 Å². The van der Waals surface area contributed by atoms with Gasteiger partial charge in [-0.3, -0.25) is 0 Å². The molecule has 128 valence electrons. The Morgan fingerprint density at radius 1 is 0.875 bits per heavy atom. The Bertz CT molecular complexity index is 640. The summed E-state index contributed by atoms with van der Waals surface area (Å²) in [5, 5.41) is 0. The molecule has 0 saturated carbocycles. The minimum absolute atomic E-state index is 0.818. The molecular weight excluding hydrogens is 302 g/mol. The zero-order valence-corrected chi connectivity index (χ0v) is 14.6. The van der Waals surface area contributed by atoms with E-state index in [4.69, 9.17) is 9.47 Å². The highest BCUT2D eigenvalue weighted by molar-refractivity contribution is 5.46. The summed E-state index contributed by atoms with van der Waals surface area (Å²) in [6.07, 6.45) is 2.01. The number of methoxy groups -OCH3 is 2. The molecular formula is C19H28N3O2+3. The van der Waals surface area contributed by atoms with Crippen molar-refractivity contribution in [1.82, 2.24) is 0 Å². The number of nitrogens with one attached hydrogen (secondary N) is 3. The average molecular weight is 330 g/mol. The first-order valence-electron chi connectivity index (χ1n) is 8.62. The largest absolute Gasteiger partial charge is 0.493 e. The Kier molecular flexibility index (Phi) is 5.67. The van der Waals surface area contributed by atoms with Crippen LogP contribution in [0.3, 0.4) is 0 Å². The number of hydrogen-bond donors (Lipinski definition) is 2. The van der Waals surface area contributed by atoms with E-state index < -0.39 is 0 Å². The molecule has 1 aliphatic rings. The first-order valence-corrected chi connectivity index (χ1v) is 8.62. The first kappa shape index (κ1) is 16.7. The van der Waals surface area contributed by atoms with Gasteiger partial charge in [0.1, 0.15) is 32.7 Å². The van der Waals surface area contributed by atoms with Crippen molar-refractivity contribution in [2.75, 3.05) is 40.4 Å². The molecule has 5 heteroatoms. The number of benzene rings is 1. The number of piperazine rings is 1. The molecule has 3 N–H and O–H groups in total. The van der Waals surface area contributed by atoms with E-state index in [2.05, 4.69) is 23.2 Å². The highest BCUT2D eigenvalue weighted by atomic mass is 16.5. The van der Waals surface area contributed by atoms with Gasteiger partial charge in [-0.25, -0.2) is 4.98 Å². The molecule has 0 bridgehead atoms. The zero-order valence-electron chi connectivity index (χ0n) is 14.6. The third kappa shape index (κ3) is 4.04. The predicted octanol–water partition coefficient (Wildman–Crippen LogP) is -0.998. The Morgan fingerprint density at radius 2 is 1.62 bits per heavy atom. The molecule has 1 saturated heterocycles. The van der Waals surface area contributed by atoms with Gasteiger partial charge >= 0.3 is 0 Å². The zero-order chi connectivity index (χ0) is 16.8. The van der Waals surface area contributed by atoms with E-state index in [9.17, 15) is 0 Å². The lowest BCUT2D eigenvalue weighted by molar-refractivity contribution is -1.03. The van der Waals surface area contributed by atoms with Crippen molar-refractivity contribution in [3.05, 3.63) is 53.9 Å².